The van der Waals surface area contributed by atoms with Crippen LogP contribution in [0.5, 0.6) is 11.5 Å². The molecule has 0 saturated carbocycles. The molecule has 120 heavy (non-hydrogen) atoms. The van der Waals surface area contributed by atoms with Crippen molar-refractivity contribution in [2.45, 2.75) is 191 Å². The van der Waals surface area contributed by atoms with Crippen LogP contribution < -0.4 is 103 Å². The van der Waals surface area contributed by atoms with E-state index < -0.39 is 261 Å². The third kappa shape index (κ3) is 38.1. The number of hydrogen-bond donors (Lipinski definition) is 25. The average Bonchev–Trinajstić information content (AvgIpc) is 0.850. The third-order valence-electron chi connectivity index (χ3n) is 18.2. The molecule has 0 heterocycles. The Bertz CT molecular complexity index is 4060. The molecule has 44 heteroatoms. The molecule has 16 amide bonds. The molecule has 660 valence electrons. The minimum absolute atomic E-state index is 0.0719. The second-order valence-corrected chi connectivity index (χ2v) is 29.3. The van der Waals surface area contributed by atoms with Crippen LogP contribution in [0.25, 0.3) is 0 Å². The summed E-state index contributed by atoms with van der Waals surface area (Å²) in [6.07, 6.45) is -3.67. The maximum absolute atomic E-state index is 14.5. The van der Waals surface area contributed by atoms with Crippen LogP contribution in [0, 0.1) is 17.8 Å². The van der Waals surface area contributed by atoms with Crippen molar-refractivity contribution in [2.24, 2.45) is 51.4 Å². The van der Waals surface area contributed by atoms with E-state index in [9.17, 15) is 112 Å². The number of guanidine groups is 1. The molecule has 29 N–H and O–H groups in total. The standard InChI is InChI=1S/C76H112N20O23S/c1-7-40(6)63(75(119)88-48(24-26-60(104)105)68(112)94-55(37-120)73(117)87-47(23-25-56(78)100)67(111)91-52(29-41-12-9-8-10-13-41)70(114)90-51(66(110)85-35-61(106)107)31-43-17-21-45(99)22-18-43)96-71(115)53(32-57(79)101)92-69(113)49(28-38(2)3)93-74(118)62(39(4)5)95-72(116)54(36-97)86-59(103)34-83-58(102)33-84-65(109)50(30-42-15-19-44(98)20-16-42)89-64(108)46(77)14-11-27-82-76(80)81/h8-10,12-13,15-22,38-40,46-55,62-63,97-99,120H,7,11,14,23-37,77H2,1-6H3,(H2,78,100)(H2,79,101)(H,83,102)(H,84,109)(H,85,110)(H,86,103)(H,87,117)(H,88,119)(H,89,108)(H,90,114)(H,91,111)(H,92,113)(H,93,118)(H,94,112)(H,95,116)(H,96,115)(H,104,105)(H,106,107)(H4,80,81,82)/t40-,46-,47-,48-,49-,50-,51-,52-,53-,54-,55-,62-,63-/m0/s1. The number of thiol groups is 1. The largest absolute Gasteiger partial charge is 0.508 e. The molecule has 0 saturated heterocycles. The molecule has 0 aliphatic heterocycles. The number of aliphatic imine (C=N–C) groups is 1. The predicted octanol–water partition coefficient (Wildman–Crippen LogP) is -7.05. The van der Waals surface area contributed by atoms with Gasteiger partial charge in [-0.2, -0.15) is 12.6 Å². The number of phenolic OH excluding ortho intramolecular Hbond substituents is 2. The van der Waals surface area contributed by atoms with Gasteiger partial charge in [-0.25, -0.2) is 0 Å². The lowest BCUT2D eigenvalue weighted by atomic mass is 9.96. The number of nitrogens with zero attached hydrogens (tertiary/aromatic N) is 1. The van der Waals surface area contributed by atoms with Gasteiger partial charge in [-0.3, -0.25) is 91.3 Å². The maximum atomic E-state index is 14.5. The number of aromatic hydroxyl groups is 2. The lowest BCUT2D eigenvalue weighted by molar-refractivity contribution is -0.139. The summed E-state index contributed by atoms with van der Waals surface area (Å²) in [7, 11) is 0. The molecule has 0 radical (unpaired) electrons. The number of amides is 16. The SMILES string of the molecule is CC[C@H](C)[C@H](NC(=O)[C@H](CC(N)=O)NC(=O)[C@H](CC(C)C)NC(=O)[C@@H](NC(=O)[C@H](CO)NC(=O)CNC(=O)CNC(=O)[C@H](Cc1ccc(O)cc1)NC(=O)[C@@H](N)CCCN=C(N)N)C(C)C)C(=O)N[C@@H](CCC(=O)O)C(=O)N[C@@H](CS)C(=O)N[C@@H](CCC(N)=O)C(=O)N[C@@H](Cc1ccccc1)C(=O)N[C@@H](Cc1ccc(O)cc1)C(=O)NCC(=O)O. The van der Waals surface area contributed by atoms with Crippen LogP contribution in [0.15, 0.2) is 83.9 Å². The second-order valence-electron chi connectivity index (χ2n) is 28.9. The summed E-state index contributed by atoms with van der Waals surface area (Å²) >= 11 is 4.22. The maximum Gasteiger partial charge on any atom is 0.322 e. The van der Waals surface area contributed by atoms with E-state index in [1.54, 1.807) is 51.1 Å². The molecule has 0 aliphatic carbocycles. The Hall–Kier alpha value is -12.7. The Morgan fingerprint density at radius 3 is 1.32 bits per heavy atom. The Morgan fingerprint density at radius 2 is 0.833 bits per heavy atom. The van der Waals surface area contributed by atoms with E-state index in [1.807, 2.05) is 0 Å². The number of aliphatic carboxylic acids is 2. The lowest BCUT2D eigenvalue weighted by Crippen LogP contribution is -2.62. The fourth-order valence-electron chi connectivity index (χ4n) is 11.4. The minimum Gasteiger partial charge on any atom is -0.508 e. The number of primary amides is 2. The molecule has 3 aromatic rings. The summed E-state index contributed by atoms with van der Waals surface area (Å²) in [6, 6.07) is 0.173. The van der Waals surface area contributed by atoms with Crippen molar-refractivity contribution in [2.75, 3.05) is 38.5 Å². The number of carboxylic acid groups (broad SMARTS) is 2. The molecule has 43 nitrogen and oxygen atoms in total. The van der Waals surface area contributed by atoms with Gasteiger partial charge in [-0.15, -0.1) is 0 Å². The highest BCUT2D eigenvalue weighted by Crippen LogP contribution is 2.18. The van der Waals surface area contributed by atoms with Crippen LogP contribution in [-0.4, -0.2) is 249 Å². The van der Waals surface area contributed by atoms with Gasteiger partial charge in [0, 0.05) is 44.4 Å². The van der Waals surface area contributed by atoms with Crippen LogP contribution in [0.2, 0.25) is 0 Å². The van der Waals surface area contributed by atoms with Gasteiger partial charge >= 0.3 is 11.9 Å². The van der Waals surface area contributed by atoms with E-state index in [-0.39, 0.29) is 62.5 Å². The van der Waals surface area contributed by atoms with E-state index >= 15 is 0 Å². The van der Waals surface area contributed by atoms with Gasteiger partial charge in [0.15, 0.2) is 5.96 Å². The van der Waals surface area contributed by atoms with Crippen LogP contribution in [0.4, 0.5) is 0 Å². The van der Waals surface area contributed by atoms with Crippen molar-refractivity contribution in [1.29, 1.82) is 0 Å². The van der Waals surface area contributed by atoms with Gasteiger partial charge in [0.1, 0.15) is 84.5 Å². The van der Waals surface area contributed by atoms with Crippen molar-refractivity contribution >= 4 is 125 Å². The van der Waals surface area contributed by atoms with Crippen LogP contribution in [-0.2, 0) is 106 Å². The predicted molar refractivity (Wildman–Crippen MR) is 433 cm³/mol. The summed E-state index contributed by atoms with van der Waals surface area (Å²) < 4.78 is 0. The van der Waals surface area contributed by atoms with Gasteiger partial charge in [-0.05, 0) is 90.8 Å². The van der Waals surface area contributed by atoms with Gasteiger partial charge in [0.05, 0.1) is 32.2 Å². The van der Waals surface area contributed by atoms with Crippen LogP contribution in [0.3, 0.4) is 0 Å². The first-order chi connectivity index (χ1) is 56.5. The van der Waals surface area contributed by atoms with Gasteiger partial charge in [0.2, 0.25) is 94.5 Å². The number of carbonyl (C=O) groups is 18. The summed E-state index contributed by atoms with van der Waals surface area (Å²) in [5, 5.41) is 82.4. The summed E-state index contributed by atoms with van der Waals surface area (Å²) in [6.45, 7) is 6.11. The van der Waals surface area contributed by atoms with E-state index in [0.717, 1.165) is 0 Å². The average molecular weight is 1710 g/mol. The number of nitrogens with one attached hydrogen (secondary N) is 14. The number of aliphatic hydroxyl groups is 1. The zero-order valence-electron chi connectivity index (χ0n) is 67.3. The highest BCUT2D eigenvalue weighted by Gasteiger charge is 2.39. The molecule has 0 spiro atoms. The van der Waals surface area contributed by atoms with E-state index in [4.69, 9.17) is 28.7 Å². The topological polar surface area (TPSA) is 719 Å². The summed E-state index contributed by atoms with van der Waals surface area (Å²) in [5.74, 6) is -22.4. The Morgan fingerprint density at radius 1 is 0.417 bits per heavy atom. The van der Waals surface area contributed by atoms with E-state index in [1.165, 1.54) is 69.3 Å². The Labute approximate surface area is 696 Å². The van der Waals surface area contributed by atoms with Crippen molar-refractivity contribution in [3.63, 3.8) is 0 Å². The second kappa shape index (κ2) is 52.1. The highest BCUT2D eigenvalue weighted by molar-refractivity contribution is 7.80. The smallest absolute Gasteiger partial charge is 0.322 e. The van der Waals surface area contributed by atoms with Gasteiger partial charge in [0.25, 0.3) is 0 Å². The third-order valence-corrected chi connectivity index (χ3v) is 18.5. The lowest BCUT2D eigenvalue weighted by Gasteiger charge is -2.30. The zero-order valence-corrected chi connectivity index (χ0v) is 68.2. The number of benzene rings is 3. The molecule has 0 aromatic heterocycles. The number of rotatable bonds is 54. The first-order valence-electron chi connectivity index (χ1n) is 38.3. The number of carbonyl (C=O) groups excluding carboxylic acids is 16. The molecule has 0 bridgehead atoms. The van der Waals surface area contributed by atoms with Gasteiger partial charge < -0.3 is 129 Å². The molecule has 0 fully saturated rings. The monoisotopic (exact) mass is 1700 g/mol. The molecule has 0 unspecified atom stereocenters. The summed E-state index contributed by atoms with van der Waals surface area (Å²) in [4.78, 5) is 246. The Balaban J connectivity index is 1.80. The van der Waals surface area contributed by atoms with E-state index in [2.05, 4.69) is 92.1 Å². The molecular formula is C76H112N20O23S. The van der Waals surface area contributed by atoms with Gasteiger partial charge in [-0.1, -0.05) is 103 Å². The number of aliphatic hydroxyl groups excluding tert-OH is 1. The quantitative estimate of drug-likeness (QED) is 0.0108. The first-order valence-corrected chi connectivity index (χ1v) is 39.0. The number of carboxylic acids is 2. The molecule has 3 aromatic carbocycles. The molecule has 0 aliphatic rings. The highest BCUT2D eigenvalue weighted by atomic mass is 32.1. The summed E-state index contributed by atoms with van der Waals surface area (Å²) in [5.41, 5.74) is 29.1. The minimum atomic E-state index is -1.90. The zero-order chi connectivity index (χ0) is 90.0. The molecular weight excluding hydrogens is 1590 g/mol. The van der Waals surface area contributed by atoms with E-state index in [0.29, 0.717) is 23.1 Å². The molecule has 3 rings (SSSR count). The van der Waals surface area contributed by atoms with Crippen molar-refractivity contribution in [3.05, 3.63) is 95.6 Å². The van der Waals surface area contributed by atoms with Crippen molar-refractivity contribution < 1.29 is 112 Å². The normalized spacial score (nSPS) is 14.2. The van der Waals surface area contributed by atoms with Crippen LogP contribution >= 0.6 is 12.6 Å². The van der Waals surface area contributed by atoms with Crippen molar-refractivity contribution in [1.82, 2.24) is 74.4 Å². The number of phenols is 2. The fourth-order valence-corrected chi connectivity index (χ4v) is 11.7. The number of nitrogens with two attached hydrogens (primary N) is 5. The van der Waals surface area contributed by atoms with Crippen molar-refractivity contribution in [3.8, 4) is 11.5 Å². The number of hydrogen-bond acceptors (Lipinski definition) is 24. The molecule has 13 atom stereocenters. The fraction of sp³-hybridized carbons (Fsp3) is 0.513. The van der Waals surface area contributed by atoms with Crippen LogP contribution in [0.1, 0.15) is 116 Å². The first kappa shape index (κ1) is 101. The Kier molecular flexibility index (Phi) is 44.1.